The van der Waals surface area contributed by atoms with Crippen molar-refractivity contribution in [3.8, 4) is 11.5 Å². The Labute approximate surface area is 239 Å². The van der Waals surface area contributed by atoms with Gasteiger partial charge in [0, 0.05) is 50.6 Å². The number of nitrogens with one attached hydrogen (secondary N) is 1. The Kier molecular flexibility index (Phi) is 8.42. The molecule has 177 valence electrons. The van der Waals surface area contributed by atoms with Gasteiger partial charge >= 0.3 is 0 Å². The number of carbonyl (C=O) groups excluding carboxylic acids is 1. The van der Waals surface area contributed by atoms with Crippen molar-refractivity contribution in [3.63, 3.8) is 0 Å². The summed E-state index contributed by atoms with van der Waals surface area (Å²) in [5.41, 5.74) is 6.84. The molecule has 3 aromatic rings. The van der Waals surface area contributed by atoms with Crippen molar-refractivity contribution in [1.29, 1.82) is 0 Å². The van der Waals surface area contributed by atoms with Gasteiger partial charge < -0.3 is 15.2 Å². The minimum atomic E-state index is -0.223. The molecule has 0 heterocycles. The number of benzene rings is 3. The summed E-state index contributed by atoms with van der Waals surface area (Å²) in [6.45, 7) is 11.0. The van der Waals surface area contributed by atoms with E-state index in [1.54, 1.807) is 7.11 Å². The Balaban J connectivity index is 0.00000324. The number of hydrogen-bond donors (Lipinski definition) is 2. The van der Waals surface area contributed by atoms with Gasteiger partial charge in [-0.3, -0.25) is 4.79 Å². The number of rotatable bonds is 5. The number of methoxy groups -OCH3 is 1. The third-order valence-electron chi connectivity index (χ3n) is 7.78. The van der Waals surface area contributed by atoms with Crippen molar-refractivity contribution in [2.24, 2.45) is 5.41 Å². The van der Waals surface area contributed by atoms with Gasteiger partial charge in [-0.05, 0) is 109 Å². The van der Waals surface area contributed by atoms with Gasteiger partial charge in [0.15, 0.2) is 0 Å². The predicted molar refractivity (Wildman–Crippen MR) is 134 cm³/mol. The van der Waals surface area contributed by atoms with E-state index in [9.17, 15) is 9.90 Å². The summed E-state index contributed by atoms with van der Waals surface area (Å²) in [6.07, 6.45) is 2.85. The van der Waals surface area contributed by atoms with Crippen molar-refractivity contribution < 1.29 is 58.7 Å². The van der Waals surface area contributed by atoms with E-state index in [2.05, 4.69) is 31.3 Å². The van der Waals surface area contributed by atoms with Gasteiger partial charge in [-0.25, -0.2) is 0 Å². The Morgan fingerprint density at radius 3 is 2.44 bits per heavy atom. The number of phenols is 1. The van der Waals surface area contributed by atoms with Crippen LogP contribution in [0.1, 0.15) is 59.6 Å². The maximum atomic E-state index is 13.1. The molecule has 1 aliphatic carbocycles. The third-order valence-corrected chi connectivity index (χ3v) is 7.78. The largest absolute Gasteiger partial charge is 0.507 e. The normalized spacial score (nSPS) is 18.1. The molecule has 5 heteroatoms. The SMILES string of the molecule is COc1ccc2cc([C@H](C)C(=O)NC[C@@]3(C)CCc4c(C)c(O)c(C)c(C)c4C3)ccc2c1.[Ac]. The summed E-state index contributed by atoms with van der Waals surface area (Å²) in [5, 5.41) is 15.9. The second-order valence-corrected chi connectivity index (χ2v) is 10.1. The van der Waals surface area contributed by atoms with E-state index in [1.807, 2.05) is 45.0 Å². The summed E-state index contributed by atoms with van der Waals surface area (Å²) in [6, 6.07) is 12.2. The second kappa shape index (κ2) is 10.6. The number of phenolic OH excluding ortho intramolecular Hbond substituents is 1. The molecule has 0 fully saturated rings. The zero-order chi connectivity index (χ0) is 23.9. The molecule has 1 amide bonds. The molecule has 3 aromatic carbocycles. The van der Waals surface area contributed by atoms with Gasteiger partial charge in [0.25, 0.3) is 0 Å². The van der Waals surface area contributed by atoms with E-state index in [0.29, 0.717) is 12.3 Å². The van der Waals surface area contributed by atoms with Crippen LogP contribution in [0.15, 0.2) is 36.4 Å². The second-order valence-electron chi connectivity index (χ2n) is 10.1. The van der Waals surface area contributed by atoms with E-state index < -0.39 is 0 Å². The van der Waals surface area contributed by atoms with Gasteiger partial charge in [0.2, 0.25) is 5.91 Å². The van der Waals surface area contributed by atoms with Gasteiger partial charge in [-0.15, -0.1) is 0 Å². The number of carbonyl (C=O) groups is 1. The Hall–Kier alpha value is -1.57. The molecule has 0 unspecified atom stereocenters. The molecule has 34 heavy (non-hydrogen) atoms. The average molecular weight is 673 g/mol. The topological polar surface area (TPSA) is 58.6 Å². The smallest absolute Gasteiger partial charge is 0.227 e. The van der Waals surface area contributed by atoms with Gasteiger partial charge in [0.1, 0.15) is 11.5 Å². The minimum absolute atomic E-state index is 0. The van der Waals surface area contributed by atoms with Crippen LogP contribution in [0.4, 0.5) is 0 Å². The average Bonchev–Trinajstić information content (AvgIpc) is 2.83. The molecule has 2 atom stereocenters. The Bertz CT molecular complexity index is 1240. The van der Waals surface area contributed by atoms with Crippen LogP contribution >= 0.6 is 0 Å². The quantitative estimate of drug-likeness (QED) is 0.356. The van der Waals surface area contributed by atoms with Crippen molar-refractivity contribution in [3.05, 3.63) is 69.8 Å². The van der Waals surface area contributed by atoms with Crippen LogP contribution in [0, 0.1) is 70.2 Å². The first-order valence-electron chi connectivity index (χ1n) is 11.8. The Morgan fingerprint density at radius 2 is 1.74 bits per heavy atom. The van der Waals surface area contributed by atoms with E-state index in [1.165, 1.54) is 16.7 Å². The minimum Gasteiger partial charge on any atom is -0.507 e. The first-order valence-corrected chi connectivity index (χ1v) is 11.8. The molecule has 1 radical (unpaired) electrons. The summed E-state index contributed by atoms with van der Waals surface area (Å²) in [4.78, 5) is 13.1. The van der Waals surface area contributed by atoms with E-state index in [0.717, 1.165) is 52.5 Å². The third kappa shape index (κ3) is 5.17. The van der Waals surface area contributed by atoms with Crippen molar-refractivity contribution in [2.75, 3.05) is 13.7 Å². The monoisotopic (exact) mass is 672 g/mol. The number of ether oxygens (including phenoxy) is 1. The predicted octanol–water partition coefficient (Wildman–Crippen LogP) is 5.89. The van der Waals surface area contributed by atoms with E-state index in [-0.39, 0.29) is 61.3 Å². The maximum Gasteiger partial charge on any atom is 0.227 e. The fourth-order valence-electron chi connectivity index (χ4n) is 5.19. The van der Waals surface area contributed by atoms with Gasteiger partial charge in [-0.2, -0.15) is 0 Å². The fraction of sp³-hybridized carbons (Fsp3) is 0.414. The molecule has 0 saturated carbocycles. The Morgan fingerprint density at radius 1 is 1.06 bits per heavy atom. The first-order chi connectivity index (χ1) is 15.6. The van der Waals surface area contributed by atoms with Crippen LogP contribution in [0.2, 0.25) is 0 Å². The standard InChI is InChI=1S/C29H35NO3.Ac/c1-17-18(2)27(31)20(4)25-11-12-29(5,15-26(17)25)16-30-28(32)19(3)21-7-8-23-14-24(33-6)10-9-22(23)13-21;/h7-10,13-14,19,31H,11-12,15-16H2,1-6H3,(H,30,32);/t19-,29-;/m0./s1. The molecule has 0 spiro atoms. The van der Waals surface area contributed by atoms with Crippen molar-refractivity contribution >= 4 is 16.7 Å². The molecular formula is C29H35AcNO3. The van der Waals surface area contributed by atoms with Crippen LogP contribution in [-0.2, 0) is 17.6 Å². The molecular weight excluding hydrogens is 637 g/mol. The zero-order valence-corrected chi connectivity index (χ0v) is 26.0. The summed E-state index contributed by atoms with van der Waals surface area (Å²) < 4.78 is 5.31. The first kappa shape index (κ1) is 27.0. The van der Waals surface area contributed by atoms with E-state index >= 15 is 0 Å². The van der Waals surface area contributed by atoms with E-state index in [4.69, 9.17) is 4.74 Å². The number of aromatic hydroxyl groups is 1. The summed E-state index contributed by atoms with van der Waals surface area (Å²) in [7, 11) is 1.67. The molecule has 0 saturated heterocycles. The fourth-order valence-corrected chi connectivity index (χ4v) is 5.19. The summed E-state index contributed by atoms with van der Waals surface area (Å²) >= 11 is 0. The molecule has 4 rings (SSSR count). The van der Waals surface area contributed by atoms with Crippen molar-refractivity contribution in [1.82, 2.24) is 5.32 Å². The van der Waals surface area contributed by atoms with Crippen LogP contribution in [0.3, 0.4) is 0 Å². The molecule has 0 aliphatic heterocycles. The maximum absolute atomic E-state index is 13.1. The van der Waals surface area contributed by atoms with Crippen molar-refractivity contribution in [2.45, 2.75) is 59.8 Å². The molecule has 0 aromatic heterocycles. The number of fused-ring (bicyclic) bond motifs is 2. The molecule has 1 aliphatic rings. The van der Waals surface area contributed by atoms with Crippen LogP contribution in [-0.4, -0.2) is 24.7 Å². The van der Waals surface area contributed by atoms with Crippen LogP contribution < -0.4 is 10.1 Å². The van der Waals surface area contributed by atoms with Crippen LogP contribution in [0.25, 0.3) is 10.8 Å². The molecule has 4 nitrogen and oxygen atoms in total. The van der Waals surface area contributed by atoms with Gasteiger partial charge in [-0.1, -0.05) is 31.2 Å². The molecule has 0 bridgehead atoms. The summed E-state index contributed by atoms with van der Waals surface area (Å²) in [5.74, 6) is 1.11. The number of amides is 1. The molecule has 2 N–H and O–H groups in total. The van der Waals surface area contributed by atoms with Crippen LogP contribution in [0.5, 0.6) is 11.5 Å². The zero-order valence-electron chi connectivity index (χ0n) is 21.2. The number of hydrogen-bond acceptors (Lipinski definition) is 3. The van der Waals surface area contributed by atoms with Gasteiger partial charge in [0.05, 0.1) is 13.0 Å².